The van der Waals surface area contributed by atoms with Crippen LogP contribution in [-0.4, -0.2) is 33.9 Å². The number of aryl methyl sites for hydroxylation is 2. The van der Waals surface area contributed by atoms with Crippen molar-refractivity contribution in [3.05, 3.63) is 34.9 Å². The third kappa shape index (κ3) is 3.69. The molecule has 3 aliphatic rings. The maximum absolute atomic E-state index is 12.7. The van der Waals surface area contributed by atoms with Crippen molar-refractivity contribution < 1.29 is 14.3 Å². The zero-order valence-corrected chi connectivity index (χ0v) is 17.8. The molecule has 0 unspecified atom stereocenters. The monoisotopic (exact) mass is 404 g/mol. The van der Waals surface area contributed by atoms with E-state index in [1.54, 1.807) is 0 Å². The summed E-state index contributed by atoms with van der Waals surface area (Å²) in [7, 11) is 0. The average molecular weight is 405 g/mol. The maximum Gasteiger partial charge on any atom is 0.309 e. The van der Waals surface area contributed by atoms with Gasteiger partial charge in [-0.25, -0.2) is 0 Å². The highest BCUT2D eigenvalue weighted by molar-refractivity contribution is 8.21. The van der Waals surface area contributed by atoms with Crippen LogP contribution >= 0.6 is 23.5 Å². The van der Waals surface area contributed by atoms with Crippen molar-refractivity contribution in [2.45, 2.75) is 50.0 Å². The van der Waals surface area contributed by atoms with E-state index in [2.05, 4.69) is 23.5 Å². The lowest BCUT2D eigenvalue weighted by molar-refractivity contribution is -0.150. The molecular weight excluding hydrogens is 376 g/mol. The second-order valence-electron chi connectivity index (χ2n) is 8.26. The maximum atomic E-state index is 12.7. The largest absolute Gasteiger partial charge is 0.457 e. The lowest BCUT2D eigenvalue weighted by atomic mass is 9.67. The van der Waals surface area contributed by atoms with Crippen molar-refractivity contribution in [2.75, 3.05) is 18.1 Å². The number of ketones is 1. The van der Waals surface area contributed by atoms with Gasteiger partial charge in [-0.3, -0.25) is 9.59 Å². The van der Waals surface area contributed by atoms with Gasteiger partial charge in [0.1, 0.15) is 0 Å². The van der Waals surface area contributed by atoms with Crippen molar-refractivity contribution in [2.24, 2.45) is 17.8 Å². The summed E-state index contributed by atoms with van der Waals surface area (Å²) < 4.78 is 5.87. The molecule has 146 valence electrons. The summed E-state index contributed by atoms with van der Waals surface area (Å²) in [6.45, 7) is 3.76. The van der Waals surface area contributed by atoms with E-state index in [1.807, 2.05) is 32.0 Å². The molecule has 2 saturated carbocycles. The molecule has 0 radical (unpaired) electrons. The van der Waals surface area contributed by atoms with Gasteiger partial charge >= 0.3 is 5.97 Å². The number of rotatable bonds is 4. The van der Waals surface area contributed by atoms with Crippen LogP contribution in [-0.2, 0) is 9.53 Å². The number of esters is 1. The van der Waals surface area contributed by atoms with Gasteiger partial charge in [0.15, 0.2) is 6.61 Å². The molecule has 1 aromatic rings. The molecular formula is C22H28O3S2. The van der Waals surface area contributed by atoms with Gasteiger partial charge in [-0.05, 0) is 63.0 Å². The molecule has 5 heteroatoms. The van der Waals surface area contributed by atoms with Gasteiger partial charge in [0, 0.05) is 17.1 Å². The third-order valence-corrected chi connectivity index (χ3v) is 10.5. The van der Waals surface area contributed by atoms with E-state index in [0.717, 1.165) is 24.0 Å². The predicted molar refractivity (Wildman–Crippen MR) is 112 cm³/mol. The van der Waals surface area contributed by atoms with Gasteiger partial charge in [0.2, 0.25) is 5.78 Å². The summed E-state index contributed by atoms with van der Waals surface area (Å²) >= 11 is 4.29. The van der Waals surface area contributed by atoms with Crippen LogP contribution in [0.15, 0.2) is 18.2 Å². The standard InChI is InChI=1S/C22H28O3S2/c1-14-6-7-15(2)19(10-14)20(23)13-25-21(24)16-11-17-4-3-5-18(12-16)22(17)26-8-9-27-22/h6-7,10,16-18H,3-5,8-9,11-13H2,1-2H3/t17-,18-/m1/s1. The quantitative estimate of drug-likeness (QED) is 0.520. The van der Waals surface area contributed by atoms with Gasteiger partial charge in [0.05, 0.1) is 10.00 Å². The zero-order chi connectivity index (χ0) is 19.0. The molecule has 1 aromatic carbocycles. The van der Waals surface area contributed by atoms with Crippen LogP contribution in [0.2, 0.25) is 0 Å². The Morgan fingerprint density at radius 1 is 1.11 bits per heavy atom. The smallest absolute Gasteiger partial charge is 0.309 e. The Hall–Kier alpha value is -0.940. The highest BCUT2D eigenvalue weighted by Crippen LogP contribution is 2.64. The Balaban J connectivity index is 1.38. The lowest BCUT2D eigenvalue weighted by Gasteiger charge is -2.51. The van der Waals surface area contributed by atoms with Crippen LogP contribution in [0.4, 0.5) is 0 Å². The molecule has 27 heavy (non-hydrogen) atoms. The van der Waals surface area contributed by atoms with Crippen molar-refractivity contribution in [3.63, 3.8) is 0 Å². The topological polar surface area (TPSA) is 43.4 Å². The van der Waals surface area contributed by atoms with E-state index >= 15 is 0 Å². The fraction of sp³-hybridized carbons (Fsp3) is 0.636. The molecule has 2 aliphatic carbocycles. The minimum Gasteiger partial charge on any atom is -0.457 e. The summed E-state index contributed by atoms with van der Waals surface area (Å²) in [6, 6.07) is 5.83. The highest BCUT2D eigenvalue weighted by atomic mass is 32.2. The lowest BCUT2D eigenvalue weighted by Crippen LogP contribution is -2.48. The fourth-order valence-corrected chi connectivity index (χ4v) is 9.11. The van der Waals surface area contributed by atoms with Crippen LogP contribution < -0.4 is 0 Å². The van der Waals surface area contributed by atoms with E-state index in [4.69, 9.17) is 4.74 Å². The second kappa shape index (κ2) is 7.82. The summed E-state index contributed by atoms with van der Waals surface area (Å²) in [5.41, 5.74) is 2.65. The molecule has 1 saturated heterocycles. The van der Waals surface area contributed by atoms with E-state index in [0.29, 0.717) is 21.5 Å². The number of hydrogen-bond acceptors (Lipinski definition) is 5. The van der Waals surface area contributed by atoms with Gasteiger partial charge in [0.25, 0.3) is 0 Å². The van der Waals surface area contributed by atoms with Crippen LogP contribution in [0.5, 0.6) is 0 Å². The van der Waals surface area contributed by atoms with Gasteiger partial charge in [-0.15, -0.1) is 23.5 Å². The number of Topliss-reactive ketones (excluding diaryl/α,β-unsaturated/α-hetero) is 1. The first-order valence-corrected chi connectivity index (χ1v) is 12.0. The fourth-order valence-electron chi connectivity index (χ4n) is 5.17. The second-order valence-corrected chi connectivity index (χ2v) is 11.3. The van der Waals surface area contributed by atoms with Crippen LogP contribution in [0, 0.1) is 31.6 Å². The molecule has 3 fully saturated rings. The number of carbonyl (C=O) groups is 2. The van der Waals surface area contributed by atoms with Crippen molar-refractivity contribution in [1.29, 1.82) is 0 Å². The van der Waals surface area contributed by atoms with Gasteiger partial charge < -0.3 is 4.74 Å². The first-order valence-electron chi connectivity index (χ1n) is 10.0. The Labute approximate surface area is 170 Å². The van der Waals surface area contributed by atoms with E-state index in [-0.39, 0.29) is 24.3 Å². The number of benzene rings is 1. The normalized spacial score (nSPS) is 28.9. The zero-order valence-electron chi connectivity index (χ0n) is 16.2. The molecule has 2 bridgehead atoms. The Morgan fingerprint density at radius 3 is 2.44 bits per heavy atom. The van der Waals surface area contributed by atoms with Crippen molar-refractivity contribution in [1.82, 2.24) is 0 Å². The van der Waals surface area contributed by atoms with Crippen LogP contribution in [0.1, 0.15) is 53.6 Å². The van der Waals surface area contributed by atoms with Crippen molar-refractivity contribution >= 4 is 35.3 Å². The van der Waals surface area contributed by atoms with Gasteiger partial charge in [-0.2, -0.15) is 0 Å². The summed E-state index contributed by atoms with van der Waals surface area (Å²) in [5, 5.41) is 0. The third-order valence-electron chi connectivity index (χ3n) is 6.49. The molecule has 1 aliphatic heterocycles. The molecule has 3 nitrogen and oxygen atoms in total. The van der Waals surface area contributed by atoms with E-state index < -0.39 is 0 Å². The Morgan fingerprint density at radius 2 is 1.78 bits per heavy atom. The predicted octanol–water partition coefficient (Wildman–Crippen LogP) is 5.03. The number of carbonyl (C=O) groups excluding carboxylic acids is 2. The van der Waals surface area contributed by atoms with Gasteiger partial charge in [-0.1, -0.05) is 24.1 Å². The van der Waals surface area contributed by atoms with E-state index in [9.17, 15) is 9.59 Å². The Kier molecular flexibility index (Phi) is 5.62. The molecule has 1 spiro atoms. The average Bonchev–Trinajstić information content (AvgIpc) is 3.10. The minimum absolute atomic E-state index is 0.0286. The summed E-state index contributed by atoms with van der Waals surface area (Å²) in [5.74, 6) is 3.45. The number of hydrogen-bond donors (Lipinski definition) is 0. The SMILES string of the molecule is Cc1ccc(C)c(C(=O)COC(=O)C2C[C@H]3CCC[C@H](C2)C32SCCS2)c1. The molecule has 4 rings (SSSR count). The van der Waals surface area contributed by atoms with Crippen molar-refractivity contribution in [3.8, 4) is 0 Å². The molecule has 2 atom stereocenters. The number of ether oxygens (including phenoxy) is 1. The van der Waals surface area contributed by atoms with E-state index in [1.165, 1.54) is 30.8 Å². The first kappa shape index (κ1) is 19.4. The first-order chi connectivity index (χ1) is 13.0. The minimum atomic E-state index is -0.159. The highest BCUT2D eigenvalue weighted by Gasteiger charge is 2.55. The molecule has 0 aromatic heterocycles. The Bertz CT molecular complexity index is 723. The van der Waals surface area contributed by atoms with Crippen LogP contribution in [0.3, 0.4) is 0 Å². The summed E-state index contributed by atoms with van der Waals surface area (Å²) in [6.07, 6.45) is 5.65. The summed E-state index contributed by atoms with van der Waals surface area (Å²) in [4.78, 5) is 25.3. The molecule has 0 amide bonds. The molecule has 0 N–H and O–H groups in total. The molecule has 1 heterocycles. The van der Waals surface area contributed by atoms with Crippen LogP contribution in [0.25, 0.3) is 0 Å². The number of thioether (sulfide) groups is 2.